The van der Waals surface area contributed by atoms with E-state index in [1.165, 1.54) is 0 Å². The Bertz CT molecular complexity index is 208. The van der Waals surface area contributed by atoms with Crippen LogP contribution in [0.1, 0.15) is 38.0 Å². The van der Waals surface area contributed by atoms with Gasteiger partial charge in [0.25, 0.3) is 0 Å². The molecule has 0 fully saturated rings. The molecular formula is C6H11ClN4. The number of rotatable bonds is 2. The van der Waals surface area contributed by atoms with Crippen LogP contribution in [0.2, 0.25) is 0 Å². The minimum absolute atomic E-state index is 0.132. The Hall–Kier alpha value is -0.640. The third-order valence-corrected chi connectivity index (χ3v) is 1.56. The van der Waals surface area contributed by atoms with Crippen molar-refractivity contribution in [2.45, 2.75) is 32.2 Å². The number of hydrogen-bond donors (Lipinski definition) is 0. The molecule has 1 aromatic heterocycles. The van der Waals surface area contributed by atoms with Crippen molar-refractivity contribution in [2.24, 2.45) is 0 Å². The van der Waals surface area contributed by atoms with Gasteiger partial charge in [-0.25, -0.2) is 4.68 Å². The van der Waals surface area contributed by atoms with Gasteiger partial charge in [0.15, 0.2) is 5.82 Å². The van der Waals surface area contributed by atoms with Gasteiger partial charge in [-0.05, 0) is 31.2 Å². The molecular weight excluding hydrogens is 164 g/mol. The second-order valence-electron chi connectivity index (χ2n) is 2.69. The summed E-state index contributed by atoms with van der Waals surface area (Å²) in [6.45, 7) is 5.88. The summed E-state index contributed by atoms with van der Waals surface area (Å²) in [5.41, 5.74) is 0. The number of nitrogens with zero attached hydrogens (tertiary/aromatic N) is 4. The third-order valence-electron chi connectivity index (χ3n) is 1.36. The van der Waals surface area contributed by atoms with E-state index in [4.69, 9.17) is 11.6 Å². The Morgan fingerprint density at radius 1 is 1.36 bits per heavy atom. The minimum Gasteiger partial charge on any atom is -0.226 e. The van der Waals surface area contributed by atoms with Crippen LogP contribution in [0.4, 0.5) is 0 Å². The standard InChI is InChI=1S/C6H11ClN4/c1-4(2)11-6(5(3)7)8-9-10-11/h4-5H,1-3H3. The van der Waals surface area contributed by atoms with Crippen LogP contribution < -0.4 is 0 Å². The Balaban J connectivity index is 2.96. The Morgan fingerprint density at radius 2 is 2.00 bits per heavy atom. The molecule has 0 aliphatic carbocycles. The summed E-state index contributed by atoms with van der Waals surface area (Å²) in [6, 6.07) is 0.265. The largest absolute Gasteiger partial charge is 0.226 e. The van der Waals surface area contributed by atoms with Gasteiger partial charge in [-0.2, -0.15) is 0 Å². The van der Waals surface area contributed by atoms with E-state index >= 15 is 0 Å². The zero-order chi connectivity index (χ0) is 8.43. The average Bonchev–Trinajstić information content (AvgIpc) is 2.32. The molecule has 0 spiro atoms. The van der Waals surface area contributed by atoms with E-state index in [1.807, 2.05) is 20.8 Å². The van der Waals surface area contributed by atoms with Gasteiger partial charge in [-0.1, -0.05) is 0 Å². The zero-order valence-corrected chi connectivity index (χ0v) is 7.58. The molecule has 1 rings (SSSR count). The Morgan fingerprint density at radius 3 is 2.36 bits per heavy atom. The number of hydrogen-bond acceptors (Lipinski definition) is 3. The van der Waals surface area contributed by atoms with Crippen molar-refractivity contribution in [1.82, 2.24) is 20.2 Å². The molecule has 4 nitrogen and oxygen atoms in total. The van der Waals surface area contributed by atoms with Gasteiger partial charge in [0.1, 0.15) is 0 Å². The molecule has 0 bridgehead atoms. The molecule has 5 heteroatoms. The second kappa shape index (κ2) is 3.17. The summed E-state index contributed by atoms with van der Waals surface area (Å²) in [6.07, 6.45) is 0. The van der Waals surface area contributed by atoms with Crippen molar-refractivity contribution in [2.75, 3.05) is 0 Å². The summed E-state index contributed by atoms with van der Waals surface area (Å²) < 4.78 is 1.72. The smallest absolute Gasteiger partial charge is 0.169 e. The molecule has 0 aliphatic rings. The van der Waals surface area contributed by atoms with Gasteiger partial charge in [0, 0.05) is 0 Å². The maximum Gasteiger partial charge on any atom is 0.169 e. The summed E-state index contributed by atoms with van der Waals surface area (Å²) >= 11 is 5.83. The van der Waals surface area contributed by atoms with Gasteiger partial charge in [-0.3, -0.25) is 0 Å². The van der Waals surface area contributed by atoms with Crippen LogP contribution >= 0.6 is 11.6 Å². The molecule has 1 unspecified atom stereocenters. The fourth-order valence-electron chi connectivity index (χ4n) is 0.830. The van der Waals surface area contributed by atoms with E-state index in [-0.39, 0.29) is 11.4 Å². The fourth-order valence-corrected chi connectivity index (χ4v) is 0.974. The summed E-state index contributed by atoms with van der Waals surface area (Å²) in [5.74, 6) is 0.724. The van der Waals surface area contributed by atoms with E-state index in [0.29, 0.717) is 0 Å². The van der Waals surface area contributed by atoms with Crippen LogP contribution in [-0.2, 0) is 0 Å². The van der Waals surface area contributed by atoms with E-state index < -0.39 is 0 Å². The first kappa shape index (κ1) is 8.46. The highest BCUT2D eigenvalue weighted by atomic mass is 35.5. The highest BCUT2D eigenvalue weighted by molar-refractivity contribution is 6.20. The number of tetrazole rings is 1. The van der Waals surface area contributed by atoms with Crippen molar-refractivity contribution in [3.05, 3.63) is 5.82 Å². The number of halogens is 1. The van der Waals surface area contributed by atoms with Gasteiger partial charge in [0.2, 0.25) is 0 Å². The monoisotopic (exact) mass is 174 g/mol. The van der Waals surface area contributed by atoms with Crippen molar-refractivity contribution < 1.29 is 0 Å². The SMILES string of the molecule is CC(Cl)c1nnnn1C(C)C. The lowest BCUT2D eigenvalue weighted by Crippen LogP contribution is -2.08. The highest BCUT2D eigenvalue weighted by Gasteiger charge is 2.13. The van der Waals surface area contributed by atoms with E-state index in [2.05, 4.69) is 15.5 Å². The maximum atomic E-state index is 5.83. The third kappa shape index (κ3) is 1.68. The van der Waals surface area contributed by atoms with Crippen molar-refractivity contribution >= 4 is 11.6 Å². The molecule has 0 aliphatic heterocycles. The quantitative estimate of drug-likeness (QED) is 0.639. The lowest BCUT2D eigenvalue weighted by molar-refractivity contribution is 0.493. The highest BCUT2D eigenvalue weighted by Crippen LogP contribution is 2.17. The predicted molar refractivity (Wildman–Crippen MR) is 42.5 cm³/mol. The van der Waals surface area contributed by atoms with Gasteiger partial charge >= 0.3 is 0 Å². The van der Waals surface area contributed by atoms with Crippen molar-refractivity contribution in [3.63, 3.8) is 0 Å². The first-order valence-electron chi connectivity index (χ1n) is 3.54. The Labute approximate surface area is 70.5 Å². The molecule has 0 saturated heterocycles. The Kier molecular flexibility index (Phi) is 2.44. The van der Waals surface area contributed by atoms with Gasteiger partial charge in [0.05, 0.1) is 11.4 Å². The van der Waals surface area contributed by atoms with E-state index in [1.54, 1.807) is 4.68 Å². The average molecular weight is 175 g/mol. The van der Waals surface area contributed by atoms with Crippen LogP contribution in [0, 0.1) is 0 Å². The fraction of sp³-hybridized carbons (Fsp3) is 0.833. The molecule has 11 heavy (non-hydrogen) atoms. The molecule has 1 atom stereocenters. The van der Waals surface area contributed by atoms with Crippen LogP contribution in [0.25, 0.3) is 0 Å². The van der Waals surface area contributed by atoms with Crippen LogP contribution in [0.3, 0.4) is 0 Å². The molecule has 62 valence electrons. The van der Waals surface area contributed by atoms with Crippen LogP contribution in [0.15, 0.2) is 0 Å². The summed E-state index contributed by atoms with van der Waals surface area (Å²) in [5, 5.41) is 11.0. The molecule has 0 aromatic carbocycles. The molecule has 0 saturated carbocycles. The number of aromatic nitrogens is 4. The van der Waals surface area contributed by atoms with Gasteiger partial charge < -0.3 is 0 Å². The topological polar surface area (TPSA) is 43.6 Å². The molecule has 1 aromatic rings. The van der Waals surface area contributed by atoms with E-state index in [9.17, 15) is 0 Å². The van der Waals surface area contributed by atoms with Crippen LogP contribution in [-0.4, -0.2) is 20.2 Å². The lowest BCUT2D eigenvalue weighted by Gasteiger charge is -2.07. The summed E-state index contributed by atoms with van der Waals surface area (Å²) in [4.78, 5) is 0. The van der Waals surface area contributed by atoms with Crippen molar-refractivity contribution in [3.8, 4) is 0 Å². The molecule has 1 heterocycles. The van der Waals surface area contributed by atoms with Gasteiger partial charge in [-0.15, -0.1) is 16.7 Å². The second-order valence-corrected chi connectivity index (χ2v) is 3.35. The number of alkyl halides is 1. The molecule has 0 N–H and O–H groups in total. The predicted octanol–water partition coefficient (Wildman–Crippen LogP) is 1.55. The van der Waals surface area contributed by atoms with Crippen molar-refractivity contribution in [1.29, 1.82) is 0 Å². The summed E-state index contributed by atoms with van der Waals surface area (Å²) in [7, 11) is 0. The molecule has 0 radical (unpaired) electrons. The first-order chi connectivity index (χ1) is 5.13. The maximum absolute atomic E-state index is 5.83. The first-order valence-corrected chi connectivity index (χ1v) is 3.98. The minimum atomic E-state index is -0.132. The molecule has 0 amide bonds. The van der Waals surface area contributed by atoms with Crippen LogP contribution in [0.5, 0.6) is 0 Å². The lowest BCUT2D eigenvalue weighted by atomic mass is 10.3. The zero-order valence-electron chi connectivity index (χ0n) is 6.82. The normalized spacial score (nSPS) is 13.9. The van der Waals surface area contributed by atoms with E-state index in [0.717, 1.165) is 5.82 Å².